The molecule has 0 bridgehead atoms. The van der Waals surface area contributed by atoms with Crippen LogP contribution in [0.4, 0.5) is 0 Å². The van der Waals surface area contributed by atoms with Crippen LogP contribution < -0.4 is 0 Å². The lowest BCUT2D eigenvalue weighted by atomic mass is 10.4. The van der Waals surface area contributed by atoms with Crippen LogP contribution >= 0.6 is 32.9 Å². The molecule has 0 saturated heterocycles. The molecule has 2 nitrogen and oxygen atoms in total. The van der Waals surface area contributed by atoms with Gasteiger partial charge in [-0.3, -0.25) is 4.79 Å². The van der Waals surface area contributed by atoms with Crippen LogP contribution in [0.5, 0.6) is 0 Å². The first-order chi connectivity index (χ1) is 12.2. The fraction of sp³-hybridized carbons (Fsp3) is 0.0952. The molecule has 0 aromatic heterocycles. The second-order valence-corrected chi connectivity index (χ2v) is 9.38. The minimum atomic E-state index is -2.11. The van der Waals surface area contributed by atoms with E-state index < -0.39 is 10.3 Å². The van der Waals surface area contributed by atoms with E-state index in [1.807, 2.05) is 67.6 Å². The van der Waals surface area contributed by atoms with Crippen molar-refractivity contribution in [1.82, 2.24) is 0 Å². The molecule has 0 unspecified atom stereocenters. The molecule has 25 heavy (non-hydrogen) atoms. The van der Waals surface area contributed by atoms with E-state index >= 15 is 0 Å². The van der Waals surface area contributed by atoms with Crippen LogP contribution in [-0.4, -0.2) is 5.97 Å². The molecule has 0 fully saturated rings. The van der Waals surface area contributed by atoms with Crippen LogP contribution in [0.25, 0.3) is 0 Å². The van der Waals surface area contributed by atoms with Crippen molar-refractivity contribution in [2.24, 2.45) is 0 Å². The highest BCUT2D eigenvalue weighted by molar-refractivity contribution is 14.1. The molecule has 0 aliphatic carbocycles. The summed E-state index contributed by atoms with van der Waals surface area (Å²) in [5.41, 5.74) is 0. The van der Waals surface area contributed by atoms with Crippen LogP contribution in [0.2, 0.25) is 0 Å². The van der Waals surface area contributed by atoms with Crippen LogP contribution in [0.3, 0.4) is 0 Å². The van der Waals surface area contributed by atoms with Gasteiger partial charge in [0, 0.05) is 24.7 Å². The summed E-state index contributed by atoms with van der Waals surface area (Å²) in [6.07, 6.45) is 0.346. The van der Waals surface area contributed by atoms with E-state index in [1.165, 1.54) is 0 Å². The molecule has 0 aliphatic heterocycles. The number of rotatable bonds is 5. The first-order valence-electron chi connectivity index (χ1n) is 8.08. The molecule has 0 heterocycles. The molecule has 0 atom stereocenters. The summed E-state index contributed by atoms with van der Waals surface area (Å²) in [7, 11) is -2.11. The van der Waals surface area contributed by atoms with Crippen molar-refractivity contribution in [1.29, 1.82) is 0 Å². The van der Waals surface area contributed by atoms with E-state index in [4.69, 9.17) is 4.18 Å². The third-order valence-electron chi connectivity index (χ3n) is 3.80. The van der Waals surface area contributed by atoms with E-state index in [-0.39, 0.29) is 5.97 Å². The number of halogens is 1. The quantitative estimate of drug-likeness (QED) is 0.408. The monoisotopic (exact) mass is 462 g/mol. The lowest BCUT2D eigenvalue weighted by Gasteiger charge is -2.39. The van der Waals surface area contributed by atoms with Gasteiger partial charge in [-0.1, -0.05) is 43.3 Å². The van der Waals surface area contributed by atoms with Crippen LogP contribution in [0.1, 0.15) is 13.3 Å². The van der Waals surface area contributed by atoms with Gasteiger partial charge in [0.25, 0.3) is 0 Å². The fourth-order valence-electron chi connectivity index (χ4n) is 2.60. The van der Waals surface area contributed by atoms with Crippen molar-refractivity contribution < 1.29 is 8.98 Å². The van der Waals surface area contributed by atoms with Crippen molar-refractivity contribution in [3.63, 3.8) is 0 Å². The zero-order valence-corrected chi connectivity index (χ0v) is 16.9. The number of hydrogen-bond donors (Lipinski definition) is 0. The van der Waals surface area contributed by atoms with Crippen molar-refractivity contribution in [2.75, 3.05) is 0 Å². The lowest BCUT2D eigenvalue weighted by molar-refractivity contribution is -0.133. The van der Waals surface area contributed by atoms with Crippen LogP contribution in [0.15, 0.2) is 99.6 Å². The van der Waals surface area contributed by atoms with Gasteiger partial charge >= 0.3 is 5.97 Å². The molecule has 128 valence electrons. The van der Waals surface area contributed by atoms with Crippen LogP contribution in [-0.2, 0) is 8.98 Å². The topological polar surface area (TPSA) is 26.3 Å². The van der Waals surface area contributed by atoms with Gasteiger partial charge in [0.05, 0.1) is 0 Å². The Morgan fingerprint density at radius 2 is 1.24 bits per heavy atom. The highest BCUT2D eigenvalue weighted by Gasteiger charge is 2.35. The van der Waals surface area contributed by atoms with Gasteiger partial charge in [0.2, 0.25) is 0 Å². The van der Waals surface area contributed by atoms with E-state index in [0.717, 1.165) is 18.3 Å². The summed E-state index contributed by atoms with van der Waals surface area (Å²) >= 11 is 2.29. The maximum atomic E-state index is 12.4. The van der Waals surface area contributed by atoms with Gasteiger partial charge in [0.1, 0.15) is 0 Å². The van der Waals surface area contributed by atoms with E-state index in [2.05, 4.69) is 46.9 Å². The molecular weight excluding hydrogens is 443 g/mol. The Labute approximate surface area is 163 Å². The Morgan fingerprint density at radius 1 is 0.800 bits per heavy atom. The average Bonchev–Trinajstić information content (AvgIpc) is 2.68. The SMILES string of the molecule is CCC(=O)OS(c1ccccc1)(c1ccccc1)c1ccc(I)cc1. The van der Waals surface area contributed by atoms with E-state index in [0.29, 0.717) is 6.42 Å². The number of carbonyl (C=O) groups excluding carboxylic acids is 1. The Bertz CT molecular complexity index is 793. The standard InChI is InChI=1S/C21H19IO2S/c1-2-21(23)24-25(18-9-5-3-6-10-18,19-11-7-4-8-12-19)20-15-13-17(22)14-16-20/h3-16H,2H2,1H3. The third-order valence-corrected chi connectivity index (χ3v) is 7.77. The number of benzene rings is 3. The summed E-state index contributed by atoms with van der Waals surface area (Å²) in [6.45, 7) is 1.83. The molecule has 0 spiro atoms. The largest absolute Gasteiger partial charge is 0.402 e. The van der Waals surface area contributed by atoms with E-state index in [9.17, 15) is 4.79 Å². The first kappa shape index (κ1) is 18.0. The molecule has 3 aromatic carbocycles. The van der Waals surface area contributed by atoms with Crippen molar-refractivity contribution in [2.45, 2.75) is 28.0 Å². The molecule has 0 amide bonds. The number of hydrogen-bond acceptors (Lipinski definition) is 2. The predicted molar refractivity (Wildman–Crippen MR) is 111 cm³/mol. The van der Waals surface area contributed by atoms with Gasteiger partial charge < -0.3 is 4.18 Å². The summed E-state index contributed by atoms with van der Waals surface area (Å²) in [4.78, 5) is 15.5. The smallest absolute Gasteiger partial charge is 0.316 e. The van der Waals surface area contributed by atoms with Gasteiger partial charge in [0.15, 0.2) is 0 Å². The highest BCUT2D eigenvalue weighted by Crippen LogP contribution is 2.69. The van der Waals surface area contributed by atoms with Gasteiger partial charge in [-0.15, -0.1) is 0 Å². The fourth-order valence-corrected chi connectivity index (χ4v) is 6.06. The minimum absolute atomic E-state index is 0.193. The summed E-state index contributed by atoms with van der Waals surface area (Å²) in [5, 5.41) is 0. The van der Waals surface area contributed by atoms with E-state index in [1.54, 1.807) is 0 Å². The molecule has 0 radical (unpaired) electrons. The molecule has 0 aliphatic rings. The van der Waals surface area contributed by atoms with Crippen molar-refractivity contribution in [3.8, 4) is 0 Å². The minimum Gasteiger partial charge on any atom is -0.402 e. The Balaban J connectivity index is 2.30. The van der Waals surface area contributed by atoms with Gasteiger partial charge in [-0.2, -0.15) is 0 Å². The third kappa shape index (κ3) is 3.75. The Morgan fingerprint density at radius 3 is 1.68 bits per heavy atom. The predicted octanol–water partition coefficient (Wildman–Crippen LogP) is 6.44. The molecular formula is C21H19IO2S. The average molecular weight is 462 g/mol. The second-order valence-electron chi connectivity index (χ2n) is 5.45. The molecule has 0 saturated carbocycles. The maximum Gasteiger partial charge on any atom is 0.316 e. The second kappa shape index (κ2) is 8.06. The Hall–Kier alpha value is -1.79. The normalized spacial score (nSPS) is 11.8. The van der Waals surface area contributed by atoms with Crippen molar-refractivity contribution >= 4 is 38.9 Å². The molecule has 4 heteroatoms. The zero-order valence-electron chi connectivity index (χ0n) is 13.9. The molecule has 3 aromatic rings. The summed E-state index contributed by atoms with van der Waals surface area (Å²) in [6, 6.07) is 28.4. The molecule has 0 N–H and O–H groups in total. The summed E-state index contributed by atoms with van der Waals surface area (Å²) < 4.78 is 7.38. The first-order valence-corrected chi connectivity index (χ1v) is 10.7. The number of carbonyl (C=O) groups is 1. The highest BCUT2D eigenvalue weighted by atomic mass is 127. The Kier molecular flexibility index (Phi) is 5.81. The van der Waals surface area contributed by atoms with Crippen LogP contribution in [0, 0.1) is 3.57 Å². The molecule has 3 rings (SSSR count). The lowest BCUT2D eigenvalue weighted by Crippen LogP contribution is -2.12. The maximum absolute atomic E-state index is 12.4. The summed E-state index contributed by atoms with van der Waals surface area (Å²) in [5.74, 6) is -0.193. The van der Waals surface area contributed by atoms with Gasteiger partial charge in [-0.05, 0) is 81.4 Å². The zero-order chi connectivity index (χ0) is 17.7. The van der Waals surface area contributed by atoms with Gasteiger partial charge in [-0.25, -0.2) is 0 Å². The van der Waals surface area contributed by atoms with Crippen molar-refractivity contribution in [3.05, 3.63) is 88.5 Å².